The quantitative estimate of drug-likeness (QED) is 0.788. The molecule has 3 saturated heterocycles. The minimum Gasteiger partial charge on any atom is -0.381 e. The lowest BCUT2D eigenvalue weighted by atomic mass is 9.73. The molecule has 8 heteroatoms. The highest BCUT2D eigenvalue weighted by Gasteiger charge is 2.56. The lowest BCUT2D eigenvalue weighted by molar-refractivity contribution is -0.116. The van der Waals surface area contributed by atoms with E-state index in [-0.39, 0.29) is 5.41 Å². The van der Waals surface area contributed by atoms with E-state index in [1.165, 1.54) is 0 Å². The number of hydrogen-bond donors (Lipinski definition) is 0. The van der Waals surface area contributed by atoms with Gasteiger partial charge in [0, 0.05) is 69.9 Å². The minimum atomic E-state index is -3.41. The van der Waals surface area contributed by atoms with Crippen molar-refractivity contribution in [2.45, 2.75) is 42.7 Å². The maximum Gasteiger partial charge on any atom is 0.260 e. The second-order valence-corrected chi connectivity index (χ2v) is 10.2. The first kappa shape index (κ1) is 16.2. The zero-order chi connectivity index (χ0) is 17.2. The van der Waals surface area contributed by atoms with Crippen LogP contribution < -0.4 is 0 Å². The Labute approximate surface area is 149 Å². The number of rotatable bonds is 4. The molecule has 1 saturated carbocycles. The number of aryl methyl sites for hydroxylation is 1. The summed E-state index contributed by atoms with van der Waals surface area (Å²) in [6, 6.07) is 2.41. The first-order valence-electron chi connectivity index (χ1n) is 9.33. The van der Waals surface area contributed by atoms with E-state index in [1.54, 1.807) is 22.1 Å². The van der Waals surface area contributed by atoms with Gasteiger partial charge in [0.05, 0.1) is 5.69 Å². The van der Waals surface area contributed by atoms with E-state index in [9.17, 15) is 8.42 Å². The highest BCUT2D eigenvalue weighted by Crippen LogP contribution is 2.45. The maximum atomic E-state index is 12.9. The van der Waals surface area contributed by atoms with Gasteiger partial charge in [0.15, 0.2) is 5.03 Å². The summed E-state index contributed by atoms with van der Waals surface area (Å²) in [5.74, 6) is 0.470. The fourth-order valence-corrected chi connectivity index (χ4v) is 6.42. The van der Waals surface area contributed by atoms with Gasteiger partial charge in [-0.25, -0.2) is 8.42 Å². The summed E-state index contributed by atoms with van der Waals surface area (Å²) in [6.07, 6.45) is 4.48. The van der Waals surface area contributed by atoms with Gasteiger partial charge in [0.25, 0.3) is 10.0 Å². The molecule has 4 aliphatic rings. The smallest absolute Gasteiger partial charge is 0.260 e. The van der Waals surface area contributed by atoms with Crippen molar-refractivity contribution in [1.29, 1.82) is 0 Å². The van der Waals surface area contributed by atoms with Crippen molar-refractivity contribution in [2.24, 2.45) is 12.5 Å². The summed E-state index contributed by atoms with van der Waals surface area (Å²) in [6.45, 7) is 5.08. The van der Waals surface area contributed by atoms with Gasteiger partial charge in [0.1, 0.15) is 0 Å². The van der Waals surface area contributed by atoms with Crippen molar-refractivity contribution in [3.05, 3.63) is 11.8 Å². The third-order valence-electron chi connectivity index (χ3n) is 6.26. The molecule has 1 aliphatic carbocycles. The Bertz CT molecular complexity index is 766. The van der Waals surface area contributed by atoms with E-state index in [0.717, 1.165) is 57.7 Å². The second-order valence-electron chi connectivity index (χ2n) is 8.33. The number of hydrogen-bond acceptors (Lipinski definition) is 5. The fourth-order valence-electron chi connectivity index (χ4n) is 4.62. The molecule has 1 spiro atoms. The first-order valence-corrected chi connectivity index (χ1v) is 10.8. The molecule has 3 aliphatic heterocycles. The van der Waals surface area contributed by atoms with Gasteiger partial charge in [-0.15, -0.1) is 0 Å². The minimum absolute atomic E-state index is 0.184. The average molecular weight is 366 g/mol. The van der Waals surface area contributed by atoms with Crippen LogP contribution in [0.4, 0.5) is 0 Å². The van der Waals surface area contributed by atoms with Gasteiger partial charge in [-0.1, -0.05) is 0 Å². The summed E-state index contributed by atoms with van der Waals surface area (Å²) in [5, 5.41) is 4.77. The topological polar surface area (TPSA) is 67.7 Å². The Balaban J connectivity index is 1.23. The van der Waals surface area contributed by atoms with E-state index in [1.807, 2.05) is 0 Å². The normalized spacial score (nSPS) is 28.0. The molecule has 25 heavy (non-hydrogen) atoms. The number of sulfonamides is 1. The van der Waals surface area contributed by atoms with Gasteiger partial charge in [0.2, 0.25) is 0 Å². The summed E-state index contributed by atoms with van der Waals surface area (Å²) in [5.41, 5.74) is 1.12. The molecule has 1 aromatic rings. The fraction of sp³-hybridized carbons (Fsp3) is 0.824. The standard InChI is InChI=1S/C17H26N4O3S/c1-19-16(8-15(18-19)13-2-3-13)25(22,23)21-11-17(12-21)9-20(10-17)14-4-6-24-7-5-14/h8,13-14H,2-7,9-12H2,1H3. The molecule has 7 nitrogen and oxygen atoms in total. The zero-order valence-electron chi connectivity index (χ0n) is 14.7. The van der Waals surface area contributed by atoms with Crippen LogP contribution in [0, 0.1) is 5.41 Å². The highest BCUT2D eigenvalue weighted by atomic mass is 32.2. The number of ether oxygens (including phenoxy) is 1. The molecule has 1 aromatic heterocycles. The third-order valence-corrected chi connectivity index (χ3v) is 8.11. The number of likely N-dealkylation sites (tertiary alicyclic amines) is 1. The molecule has 0 amide bonds. The number of nitrogens with zero attached hydrogens (tertiary/aromatic N) is 4. The average Bonchev–Trinajstić information content (AvgIpc) is 3.28. The molecule has 0 radical (unpaired) electrons. The first-order chi connectivity index (χ1) is 12.0. The molecule has 0 aromatic carbocycles. The van der Waals surface area contributed by atoms with Crippen LogP contribution in [-0.4, -0.2) is 72.8 Å². The van der Waals surface area contributed by atoms with E-state index in [0.29, 0.717) is 30.1 Å². The van der Waals surface area contributed by atoms with Gasteiger partial charge >= 0.3 is 0 Å². The maximum absolute atomic E-state index is 12.9. The van der Waals surface area contributed by atoms with Crippen LogP contribution in [0.3, 0.4) is 0 Å². The SMILES string of the molecule is Cn1nc(C2CC2)cc1S(=O)(=O)N1CC2(CN(C3CCOCC3)C2)C1. The number of aromatic nitrogens is 2. The molecule has 4 heterocycles. The van der Waals surface area contributed by atoms with E-state index in [4.69, 9.17) is 4.74 Å². The summed E-state index contributed by atoms with van der Waals surface area (Å²) in [7, 11) is -1.67. The predicted octanol–water partition coefficient (Wildman–Crippen LogP) is 0.783. The molecule has 0 N–H and O–H groups in total. The van der Waals surface area contributed by atoms with Crippen LogP contribution in [0.2, 0.25) is 0 Å². The Morgan fingerprint density at radius 3 is 2.44 bits per heavy atom. The van der Waals surface area contributed by atoms with Crippen LogP contribution in [0.25, 0.3) is 0 Å². The third kappa shape index (κ3) is 2.65. The van der Waals surface area contributed by atoms with Crippen molar-refractivity contribution in [3.63, 3.8) is 0 Å². The van der Waals surface area contributed by atoms with Gasteiger partial charge in [-0.2, -0.15) is 9.40 Å². The monoisotopic (exact) mass is 366 g/mol. The Morgan fingerprint density at radius 1 is 1.12 bits per heavy atom. The van der Waals surface area contributed by atoms with Crippen LogP contribution in [0.5, 0.6) is 0 Å². The van der Waals surface area contributed by atoms with Gasteiger partial charge in [-0.3, -0.25) is 9.58 Å². The van der Waals surface area contributed by atoms with E-state index in [2.05, 4.69) is 10.00 Å². The van der Waals surface area contributed by atoms with E-state index >= 15 is 0 Å². The van der Waals surface area contributed by atoms with Crippen LogP contribution >= 0.6 is 0 Å². The van der Waals surface area contributed by atoms with Crippen LogP contribution in [0.1, 0.15) is 37.3 Å². The predicted molar refractivity (Wildman–Crippen MR) is 91.8 cm³/mol. The highest BCUT2D eigenvalue weighted by molar-refractivity contribution is 7.89. The molecule has 138 valence electrons. The molecule has 0 atom stereocenters. The zero-order valence-corrected chi connectivity index (χ0v) is 15.5. The largest absolute Gasteiger partial charge is 0.381 e. The lowest BCUT2D eigenvalue weighted by Crippen LogP contribution is -2.74. The molecule has 4 fully saturated rings. The van der Waals surface area contributed by atoms with Crippen LogP contribution in [-0.2, 0) is 21.8 Å². The molecular weight excluding hydrogens is 340 g/mol. The summed E-state index contributed by atoms with van der Waals surface area (Å²) >= 11 is 0. The molecule has 5 rings (SSSR count). The summed E-state index contributed by atoms with van der Waals surface area (Å²) in [4.78, 5) is 2.52. The van der Waals surface area contributed by atoms with Gasteiger partial charge < -0.3 is 4.74 Å². The van der Waals surface area contributed by atoms with Crippen molar-refractivity contribution in [3.8, 4) is 0 Å². The Hall–Kier alpha value is -0.960. The van der Waals surface area contributed by atoms with Crippen LogP contribution in [0.15, 0.2) is 11.1 Å². The Morgan fingerprint density at radius 2 is 1.80 bits per heavy atom. The van der Waals surface area contributed by atoms with Gasteiger partial charge in [-0.05, 0) is 25.7 Å². The summed E-state index contributed by atoms with van der Waals surface area (Å²) < 4.78 is 34.5. The molecule has 0 unspecified atom stereocenters. The lowest BCUT2D eigenvalue weighted by Gasteiger charge is -2.61. The van der Waals surface area contributed by atoms with Crippen molar-refractivity contribution >= 4 is 10.0 Å². The molecular formula is C17H26N4O3S. The van der Waals surface area contributed by atoms with Crippen molar-refractivity contribution in [2.75, 3.05) is 39.4 Å². The molecule has 0 bridgehead atoms. The second kappa shape index (κ2) is 5.52. The van der Waals surface area contributed by atoms with Crippen molar-refractivity contribution in [1.82, 2.24) is 19.0 Å². The van der Waals surface area contributed by atoms with E-state index < -0.39 is 10.0 Å². The Kier molecular flexibility index (Phi) is 3.58. The van der Waals surface area contributed by atoms with Crippen molar-refractivity contribution < 1.29 is 13.2 Å².